The van der Waals surface area contributed by atoms with E-state index in [9.17, 15) is 4.79 Å². The van der Waals surface area contributed by atoms with E-state index in [1.54, 1.807) is 0 Å². The molecular formula is C16H22N2O3. The minimum atomic E-state index is 0.0357. The lowest BCUT2D eigenvalue weighted by Crippen LogP contribution is -2.33. The number of nitrogens with zero attached hydrogens (tertiary/aromatic N) is 1. The molecule has 0 aliphatic carbocycles. The van der Waals surface area contributed by atoms with Gasteiger partial charge in [-0.2, -0.15) is 0 Å². The minimum Gasteiger partial charge on any atom is -0.486 e. The lowest BCUT2D eigenvalue weighted by atomic mass is 10.2. The number of ether oxygens (including phenoxy) is 2. The van der Waals surface area contributed by atoms with E-state index in [-0.39, 0.29) is 5.91 Å². The van der Waals surface area contributed by atoms with Crippen molar-refractivity contribution in [3.8, 4) is 11.5 Å². The second kappa shape index (κ2) is 6.80. The minimum absolute atomic E-state index is 0.0357. The number of fused-ring (bicyclic) bond motifs is 1. The molecule has 0 bridgehead atoms. The van der Waals surface area contributed by atoms with Crippen LogP contribution in [0.4, 0.5) is 5.69 Å². The number of rotatable bonds is 3. The Labute approximate surface area is 125 Å². The van der Waals surface area contributed by atoms with Gasteiger partial charge in [-0.05, 0) is 38.1 Å². The van der Waals surface area contributed by atoms with Gasteiger partial charge in [0.15, 0.2) is 11.5 Å². The smallest absolute Gasteiger partial charge is 0.238 e. The molecule has 0 spiro atoms. The quantitative estimate of drug-likeness (QED) is 0.928. The zero-order valence-electron chi connectivity index (χ0n) is 12.3. The van der Waals surface area contributed by atoms with Gasteiger partial charge in [0, 0.05) is 11.8 Å². The van der Waals surface area contributed by atoms with Crippen LogP contribution in [0.2, 0.25) is 0 Å². The normalized spacial score (nSPS) is 18.9. The first-order valence-electron chi connectivity index (χ1n) is 7.73. The zero-order chi connectivity index (χ0) is 14.5. The molecule has 1 saturated heterocycles. The van der Waals surface area contributed by atoms with Crippen molar-refractivity contribution in [2.75, 3.05) is 38.2 Å². The maximum Gasteiger partial charge on any atom is 0.238 e. The summed E-state index contributed by atoms with van der Waals surface area (Å²) in [4.78, 5) is 14.4. The van der Waals surface area contributed by atoms with E-state index in [1.165, 1.54) is 25.7 Å². The number of anilines is 1. The first-order valence-corrected chi connectivity index (χ1v) is 7.73. The van der Waals surface area contributed by atoms with Crippen LogP contribution in [0.1, 0.15) is 25.7 Å². The fraction of sp³-hybridized carbons (Fsp3) is 0.562. The summed E-state index contributed by atoms with van der Waals surface area (Å²) in [6.45, 7) is 3.64. The summed E-state index contributed by atoms with van der Waals surface area (Å²) < 4.78 is 11.0. The molecule has 0 saturated carbocycles. The number of benzene rings is 1. The molecular weight excluding hydrogens is 268 g/mol. The molecule has 114 valence electrons. The number of hydrogen-bond donors (Lipinski definition) is 1. The summed E-state index contributed by atoms with van der Waals surface area (Å²) in [5.74, 6) is 1.48. The number of hydrogen-bond acceptors (Lipinski definition) is 4. The molecule has 3 rings (SSSR count). The van der Waals surface area contributed by atoms with Gasteiger partial charge in [-0.15, -0.1) is 0 Å². The Morgan fingerprint density at radius 2 is 1.76 bits per heavy atom. The summed E-state index contributed by atoms with van der Waals surface area (Å²) in [7, 11) is 0. The van der Waals surface area contributed by atoms with Crippen LogP contribution < -0.4 is 14.8 Å². The van der Waals surface area contributed by atoms with E-state index in [4.69, 9.17) is 9.47 Å². The Morgan fingerprint density at radius 3 is 2.52 bits per heavy atom. The Hall–Kier alpha value is -1.75. The first kappa shape index (κ1) is 14.2. The number of likely N-dealkylation sites (tertiary alicyclic amines) is 1. The summed E-state index contributed by atoms with van der Waals surface area (Å²) in [5.41, 5.74) is 0.763. The van der Waals surface area contributed by atoms with E-state index >= 15 is 0 Å². The molecule has 0 aromatic heterocycles. The van der Waals surface area contributed by atoms with Crippen LogP contribution in [0.25, 0.3) is 0 Å². The van der Waals surface area contributed by atoms with E-state index in [1.807, 2.05) is 18.2 Å². The van der Waals surface area contributed by atoms with Gasteiger partial charge in [0.1, 0.15) is 13.2 Å². The number of nitrogens with one attached hydrogen (secondary N) is 1. The lowest BCUT2D eigenvalue weighted by Gasteiger charge is -2.20. The van der Waals surface area contributed by atoms with E-state index in [2.05, 4.69) is 10.2 Å². The second-order valence-electron chi connectivity index (χ2n) is 5.60. The van der Waals surface area contributed by atoms with Crippen LogP contribution in [-0.4, -0.2) is 43.7 Å². The van der Waals surface area contributed by atoms with Crippen molar-refractivity contribution in [1.29, 1.82) is 0 Å². The first-order chi connectivity index (χ1) is 10.3. The third-order valence-corrected chi connectivity index (χ3v) is 3.89. The van der Waals surface area contributed by atoms with Crippen molar-refractivity contribution in [3.63, 3.8) is 0 Å². The van der Waals surface area contributed by atoms with E-state index in [0.717, 1.165) is 24.5 Å². The molecule has 21 heavy (non-hydrogen) atoms. The molecule has 1 amide bonds. The van der Waals surface area contributed by atoms with Gasteiger partial charge in [0.25, 0.3) is 0 Å². The second-order valence-corrected chi connectivity index (χ2v) is 5.60. The highest BCUT2D eigenvalue weighted by molar-refractivity contribution is 5.92. The van der Waals surface area contributed by atoms with Crippen LogP contribution in [0.5, 0.6) is 11.5 Å². The van der Waals surface area contributed by atoms with Crippen molar-refractivity contribution >= 4 is 11.6 Å². The average molecular weight is 290 g/mol. The van der Waals surface area contributed by atoms with Gasteiger partial charge in [-0.25, -0.2) is 0 Å². The van der Waals surface area contributed by atoms with E-state index in [0.29, 0.717) is 25.5 Å². The van der Waals surface area contributed by atoms with Gasteiger partial charge >= 0.3 is 0 Å². The fourth-order valence-electron chi connectivity index (χ4n) is 2.82. The zero-order valence-corrected chi connectivity index (χ0v) is 12.3. The van der Waals surface area contributed by atoms with Crippen LogP contribution in [0.15, 0.2) is 18.2 Å². The van der Waals surface area contributed by atoms with Crippen molar-refractivity contribution < 1.29 is 14.3 Å². The Morgan fingerprint density at radius 1 is 1.05 bits per heavy atom. The molecule has 0 unspecified atom stereocenters. The molecule has 2 aliphatic heterocycles. The third-order valence-electron chi connectivity index (χ3n) is 3.89. The van der Waals surface area contributed by atoms with Crippen LogP contribution in [0.3, 0.4) is 0 Å². The van der Waals surface area contributed by atoms with Crippen molar-refractivity contribution in [3.05, 3.63) is 18.2 Å². The number of amides is 1. The van der Waals surface area contributed by atoms with E-state index < -0.39 is 0 Å². The predicted octanol–water partition coefficient (Wildman–Crippen LogP) is 2.27. The maximum absolute atomic E-state index is 12.1. The Balaban J connectivity index is 1.56. The monoisotopic (exact) mass is 290 g/mol. The van der Waals surface area contributed by atoms with Gasteiger partial charge in [0.2, 0.25) is 5.91 Å². The van der Waals surface area contributed by atoms with Crippen molar-refractivity contribution in [2.24, 2.45) is 0 Å². The number of carbonyl (C=O) groups is 1. The summed E-state index contributed by atoms with van der Waals surface area (Å²) in [6.07, 6.45) is 4.94. The Kier molecular flexibility index (Phi) is 4.60. The molecule has 1 N–H and O–H groups in total. The van der Waals surface area contributed by atoms with Gasteiger partial charge < -0.3 is 14.8 Å². The molecule has 2 aliphatic rings. The van der Waals surface area contributed by atoms with Crippen molar-refractivity contribution in [2.45, 2.75) is 25.7 Å². The molecule has 2 heterocycles. The highest BCUT2D eigenvalue weighted by atomic mass is 16.6. The molecule has 0 atom stereocenters. The molecule has 1 aromatic carbocycles. The van der Waals surface area contributed by atoms with Gasteiger partial charge in [-0.3, -0.25) is 9.69 Å². The average Bonchev–Trinajstić information content (AvgIpc) is 2.75. The van der Waals surface area contributed by atoms with Gasteiger partial charge in [0.05, 0.1) is 6.54 Å². The molecule has 0 radical (unpaired) electrons. The molecule has 1 aromatic rings. The summed E-state index contributed by atoms with van der Waals surface area (Å²) in [6, 6.07) is 5.53. The molecule has 5 nitrogen and oxygen atoms in total. The summed E-state index contributed by atoms with van der Waals surface area (Å²) >= 11 is 0. The molecule has 5 heteroatoms. The number of carbonyl (C=O) groups excluding carboxylic acids is 1. The standard InChI is InChI=1S/C16H22N2O3/c19-16(12-18-7-3-1-2-4-8-18)17-13-5-6-14-15(11-13)21-10-9-20-14/h5-6,11H,1-4,7-10,12H2,(H,17,19). The van der Waals surface area contributed by atoms with Crippen molar-refractivity contribution in [1.82, 2.24) is 4.90 Å². The fourth-order valence-corrected chi connectivity index (χ4v) is 2.82. The summed E-state index contributed by atoms with van der Waals surface area (Å²) in [5, 5.41) is 2.94. The predicted molar refractivity (Wildman–Crippen MR) is 81.0 cm³/mol. The topological polar surface area (TPSA) is 50.8 Å². The highest BCUT2D eigenvalue weighted by Gasteiger charge is 2.15. The van der Waals surface area contributed by atoms with Crippen LogP contribution in [0, 0.1) is 0 Å². The Bertz CT molecular complexity index is 496. The van der Waals surface area contributed by atoms with Gasteiger partial charge in [-0.1, -0.05) is 12.8 Å². The lowest BCUT2D eigenvalue weighted by molar-refractivity contribution is -0.117. The highest BCUT2D eigenvalue weighted by Crippen LogP contribution is 2.32. The largest absolute Gasteiger partial charge is 0.486 e. The van der Waals surface area contributed by atoms with Crippen LogP contribution in [-0.2, 0) is 4.79 Å². The third kappa shape index (κ3) is 3.88. The molecule has 1 fully saturated rings. The van der Waals surface area contributed by atoms with Crippen LogP contribution >= 0.6 is 0 Å². The maximum atomic E-state index is 12.1. The SMILES string of the molecule is O=C(CN1CCCCCC1)Nc1ccc2c(c1)OCCO2.